The van der Waals surface area contributed by atoms with Crippen LogP contribution in [0.4, 0.5) is 0 Å². The quantitative estimate of drug-likeness (QED) is 0.590. The molecule has 1 unspecified atom stereocenters. The second kappa shape index (κ2) is 5.62. The summed E-state index contributed by atoms with van der Waals surface area (Å²) in [4.78, 5) is 0.593. The number of nitrogens with two attached hydrogens (primary N) is 1. The summed E-state index contributed by atoms with van der Waals surface area (Å²) in [5.74, 6) is 0. The van der Waals surface area contributed by atoms with E-state index in [-0.39, 0.29) is 0 Å². The monoisotopic (exact) mass is 160 g/mol. The van der Waals surface area contributed by atoms with Crippen molar-refractivity contribution >= 4 is 17.2 Å². The molecule has 3 heteroatoms. The van der Waals surface area contributed by atoms with Crippen LogP contribution in [-0.2, 0) is 0 Å². The van der Waals surface area contributed by atoms with Crippen LogP contribution >= 0.6 is 12.2 Å². The van der Waals surface area contributed by atoms with Crippen LogP contribution in [0.1, 0.15) is 26.7 Å². The second-order valence-electron chi connectivity index (χ2n) is 2.48. The molecule has 0 amide bonds. The molecule has 3 N–H and O–H groups in total. The van der Waals surface area contributed by atoms with Gasteiger partial charge in [0.2, 0.25) is 0 Å². The summed E-state index contributed by atoms with van der Waals surface area (Å²) >= 11 is 4.72. The van der Waals surface area contributed by atoms with Crippen LogP contribution in [0.3, 0.4) is 0 Å². The van der Waals surface area contributed by atoms with E-state index in [2.05, 4.69) is 19.2 Å². The molecule has 0 rings (SSSR count). The molecule has 0 heterocycles. The first-order chi connectivity index (χ1) is 4.66. The van der Waals surface area contributed by atoms with Gasteiger partial charge in [-0.05, 0) is 13.3 Å². The van der Waals surface area contributed by atoms with Crippen molar-refractivity contribution in [2.24, 2.45) is 5.73 Å². The van der Waals surface area contributed by atoms with Crippen LogP contribution < -0.4 is 11.1 Å². The Kier molecular flexibility index (Phi) is 5.54. The molecule has 0 bridgehead atoms. The van der Waals surface area contributed by atoms with Crippen LogP contribution in [-0.4, -0.2) is 17.6 Å². The van der Waals surface area contributed by atoms with E-state index in [0.717, 1.165) is 19.4 Å². The lowest BCUT2D eigenvalue weighted by atomic mass is 10.2. The zero-order valence-electron chi connectivity index (χ0n) is 6.68. The van der Waals surface area contributed by atoms with E-state index in [1.54, 1.807) is 0 Å². The van der Waals surface area contributed by atoms with Crippen molar-refractivity contribution in [3.05, 3.63) is 0 Å². The average Bonchev–Trinajstić information content (AvgIpc) is 1.87. The summed E-state index contributed by atoms with van der Waals surface area (Å²) in [6, 6.07) is 0.578. The first kappa shape index (κ1) is 9.85. The lowest BCUT2D eigenvalue weighted by Gasteiger charge is -2.09. The van der Waals surface area contributed by atoms with Crippen molar-refractivity contribution < 1.29 is 0 Å². The van der Waals surface area contributed by atoms with Gasteiger partial charge in [-0.15, -0.1) is 0 Å². The van der Waals surface area contributed by atoms with Gasteiger partial charge >= 0.3 is 0 Å². The molecule has 0 saturated heterocycles. The molecule has 0 aliphatic rings. The maximum absolute atomic E-state index is 5.31. The molecule has 0 aliphatic heterocycles. The van der Waals surface area contributed by atoms with E-state index < -0.39 is 0 Å². The van der Waals surface area contributed by atoms with Crippen molar-refractivity contribution in [1.82, 2.24) is 5.32 Å². The van der Waals surface area contributed by atoms with Gasteiger partial charge in [0.25, 0.3) is 0 Å². The Hall–Kier alpha value is -0.150. The zero-order valence-corrected chi connectivity index (χ0v) is 7.50. The Balaban J connectivity index is 3.11. The first-order valence-electron chi connectivity index (χ1n) is 3.68. The topological polar surface area (TPSA) is 38.0 Å². The number of hydrogen-bond acceptors (Lipinski definition) is 2. The highest BCUT2D eigenvalue weighted by atomic mass is 32.1. The maximum Gasteiger partial charge on any atom is 0.0740 e. The minimum atomic E-state index is 0.578. The molecule has 10 heavy (non-hydrogen) atoms. The summed E-state index contributed by atoms with van der Waals surface area (Å²) in [5, 5.41) is 3.30. The van der Waals surface area contributed by atoms with Crippen LogP contribution in [0.15, 0.2) is 0 Å². The lowest BCUT2D eigenvalue weighted by molar-refractivity contribution is 0.544. The van der Waals surface area contributed by atoms with Crippen molar-refractivity contribution in [2.75, 3.05) is 6.54 Å². The molecule has 0 aromatic heterocycles. The summed E-state index contributed by atoms with van der Waals surface area (Å²) in [5.41, 5.74) is 5.31. The third-order valence-corrected chi connectivity index (χ3v) is 1.68. The molecule has 0 saturated carbocycles. The van der Waals surface area contributed by atoms with Gasteiger partial charge < -0.3 is 11.1 Å². The summed E-state index contributed by atoms with van der Waals surface area (Å²) < 4.78 is 0. The molecule has 0 aromatic rings. The van der Waals surface area contributed by atoms with Crippen molar-refractivity contribution in [2.45, 2.75) is 32.7 Å². The first-order valence-corrected chi connectivity index (χ1v) is 4.09. The SMILES string of the molecule is CCC(C)NCCC(N)=S. The highest BCUT2D eigenvalue weighted by molar-refractivity contribution is 7.80. The Morgan fingerprint density at radius 1 is 1.70 bits per heavy atom. The average molecular weight is 160 g/mol. The number of hydrogen-bond donors (Lipinski definition) is 2. The Labute approximate surface area is 68.2 Å². The van der Waals surface area contributed by atoms with E-state index in [1.165, 1.54) is 0 Å². The predicted octanol–water partition coefficient (Wildman–Crippen LogP) is 1.05. The minimum Gasteiger partial charge on any atom is -0.393 e. The molecular weight excluding hydrogens is 144 g/mol. The largest absolute Gasteiger partial charge is 0.393 e. The van der Waals surface area contributed by atoms with E-state index in [4.69, 9.17) is 18.0 Å². The number of rotatable bonds is 5. The molecule has 1 atom stereocenters. The van der Waals surface area contributed by atoms with Gasteiger partial charge in [0, 0.05) is 19.0 Å². The zero-order chi connectivity index (χ0) is 7.98. The lowest BCUT2D eigenvalue weighted by Crippen LogP contribution is -2.28. The van der Waals surface area contributed by atoms with Crippen LogP contribution in [0.5, 0.6) is 0 Å². The van der Waals surface area contributed by atoms with E-state index in [9.17, 15) is 0 Å². The fraction of sp³-hybridized carbons (Fsp3) is 0.857. The van der Waals surface area contributed by atoms with Gasteiger partial charge in [-0.2, -0.15) is 0 Å². The number of thiocarbonyl (C=S) groups is 1. The van der Waals surface area contributed by atoms with Gasteiger partial charge in [-0.25, -0.2) is 0 Å². The normalized spacial score (nSPS) is 13.0. The summed E-state index contributed by atoms with van der Waals surface area (Å²) in [6.07, 6.45) is 1.96. The van der Waals surface area contributed by atoms with Gasteiger partial charge in [-0.3, -0.25) is 0 Å². The Morgan fingerprint density at radius 2 is 2.30 bits per heavy atom. The summed E-state index contributed by atoms with van der Waals surface area (Å²) in [7, 11) is 0. The highest BCUT2D eigenvalue weighted by Crippen LogP contribution is 1.87. The van der Waals surface area contributed by atoms with E-state index >= 15 is 0 Å². The Morgan fingerprint density at radius 3 is 2.70 bits per heavy atom. The third-order valence-electron chi connectivity index (χ3n) is 1.48. The van der Waals surface area contributed by atoms with Gasteiger partial charge in [0.1, 0.15) is 0 Å². The van der Waals surface area contributed by atoms with Crippen LogP contribution in [0.25, 0.3) is 0 Å². The molecule has 0 spiro atoms. The summed E-state index contributed by atoms with van der Waals surface area (Å²) in [6.45, 7) is 5.21. The fourth-order valence-corrected chi connectivity index (χ4v) is 0.688. The molecule has 0 aliphatic carbocycles. The van der Waals surface area contributed by atoms with Gasteiger partial charge in [-0.1, -0.05) is 19.1 Å². The number of nitrogens with one attached hydrogen (secondary N) is 1. The second-order valence-corrected chi connectivity index (χ2v) is 3.00. The van der Waals surface area contributed by atoms with E-state index in [0.29, 0.717) is 11.0 Å². The fourth-order valence-electron chi connectivity index (χ4n) is 0.586. The predicted molar refractivity (Wildman–Crippen MR) is 49.2 cm³/mol. The molecule has 0 fully saturated rings. The van der Waals surface area contributed by atoms with E-state index in [1.807, 2.05) is 0 Å². The van der Waals surface area contributed by atoms with Crippen molar-refractivity contribution in [3.63, 3.8) is 0 Å². The molecule has 0 aromatic carbocycles. The minimum absolute atomic E-state index is 0.578. The highest BCUT2D eigenvalue weighted by Gasteiger charge is 1.95. The molecule has 2 nitrogen and oxygen atoms in total. The van der Waals surface area contributed by atoms with Crippen LogP contribution in [0, 0.1) is 0 Å². The molecule has 0 radical (unpaired) electrons. The van der Waals surface area contributed by atoms with Crippen molar-refractivity contribution in [3.8, 4) is 0 Å². The van der Waals surface area contributed by atoms with Crippen LogP contribution in [0.2, 0.25) is 0 Å². The smallest absolute Gasteiger partial charge is 0.0740 e. The van der Waals surface area contributed by atoms with Crippen molar-refractivity contribution in [1.29, 1.82) is 0 Å². The molecule has 60 valence electrons. The molecular formula is C7H16N2S. The standard InChI is InChI=1S/C7H16N2S/c1-3-6(2)9-5-4-7(8)10/h6,9H,3-5H2,1-2H3,(H2,8,10). The maximum atomic E-state index is 5.31. The van der Waals surface area contributed by atoms with Gasteiger partial charge in [0.05, 0.1) is 4.99 Å². The van der Waals surface area contributed by atoms with Gasteiger partial charge in [0.15, 0.2) is 0 Å². The Bertz CT molecular complexity index is 104. The third kappa shape index (κ3) is 5.98.